The summed E-state index contributed by atoms with van der Waals surface area (Å²) in [6.07, 6.45) is -5.02. The first kappa shape index (κ1) is 21.2. The molecular weight excluding hydrogens is 403 g/mol. The number of nitrogens with zero attached hydrogens (tertiary/aromatic N) is 2. The summed E-state index contributed by atoms with van der Waals surface area (Å²) < 4.78 is 43.2. The smallest absolute Gasteiger partial charge is 0.417 e. The number of ether oxygens (including phenoxy) is 1. The number of hydrogen-bond acceptors (Lipinski definition) is 6. The molecule has 2 aromatic heterocycles. The van der Waals surface area contributed by atoms with Crippen LogP contribution < -0.4 is 10.5 Å². The molecule has 0 unspecified atom stereocenters. The van der Waals surface area contributed by atoms with Crippen LogP contribution >= 0.6 is 0 Å². The van der Waals surface area contributed by atoms with Crippen LogP contribution in [-0.2, 0) is 6.18 Å². The maximum atomic E-state index is 12.6. The van der Waals surface area contributed by atoms with E-state index in [0.717, 1.165) is 12.1 Å². The van der Waals surface area contributed by atoms with E-state index >= 15 is 0 Å². The molecule has 0 spiro atoms. The van der Waals surface area contributed by atoms with Crippen molar-refractivity contribution in [2.45, 2.75) is 12.3 Å². The van der Waals surface area contributed by atoms with Gasteiger partial charge in [0.05, 0.1) is 17.9 Å². The quantitative estimate of drug-likeness (QED) is 0.565. The average Bonchev–Trinajstić information content (AvgIpc) is 2.73. The monoisotopic (exact) mass is 419 g/mol. The third-order valence-corrected chi connectivity index (χ3v) is 4.09. The van der Waals surface area contributed by atoms with E-state index in [0.29, 0.717) is 23.2 Å². The second kappa shape index (κ2) is 8.47. The molecular formula is C20H16F3N3O4. The first-order valence-corrected chi connectivity index (χ1v) is 8.59. The van der Waals surface area contributed by atoms with Crippen molar-refractivity contribution in [3.05, 3.63) is 71.5 Å². The fraction of sp³-hybridized carbons (Fsp3) is 0.150. The van der Waals surface area contributed by atoms with Crippen LogP contribution in [0.15, 0.2) is 54.7 Å². The van der Waals surface area contributed by atoms with Crippen LogP contribution in [0.3, 0.4) is 0 Å². The SMILES string of the molecule is NC(=O)c1cc([C@H](O)CO)cc(-c2ccc(Oc3ccc(C(F)(F)F)cn3)cc2)n1. The summed E-state index contributed by atoms with van der Waals surface area (Å²) in [6, 6.07) is 11.0. The van der Waals surface area contributed by atoms with Crippen molar-refractivity contribution in [2.75, 3.05) is 6.61 Å². The zero-order valence-corrected chi connectivity index (χ0v) is 15.3. The van der Waals surface area contributed by atoms with E-state index in [1.807, 2.05) is 0 Å². The van der Waals surface area contributed by atoms with Crippen molar-refractivity contribution in [2.24, 2.45) is 5.73 Å². The van der Waals surface area contributed by atoms with Crippen molar-refractivity contribution in [1.29, 1.82) is 0 Å². The second-order valence-electron chi connectivity index (χ2n) is 6.24. The molecule has 0 aliphatic carbocycles. The maximum Gasteiger partial charge on any atom is 0.417 e. The number of rotatable bonds is 6. The molecule has 1 aromatic carbocycles. The van der Waals surface area contributed by atoms with Gasteiger partial charge in [-0.05, 0) is 48.0 Å². The summed E-state index contributed by atoms with van der Waals surface area (Å²) in [5.74, 6) is -0.498. The summed E-state index contributed by atoms with van der Waals surface area (Å²) in [4.78, 5) is 19.3. The molecule has 4 N–H and O–H groups in total. The summed E-state index contributed by atoms with van der Waals surface area (Å²) in [7, 11) is 0. The Kier molecular flexibility index (Phi) is 5.99. The van der Waals surface area contributed by atoms with Gasteiger partial charge in [-0.15, -0.1) is 0 Å². The second-order valence-corrected chi connectivity index (χ2v) is 6.24. The van der Waals surface area contributed by atoms with Gasteiger partial charge < -0.3 is 20.7 Å². The number of alkyl halides is 3. The number of nitrogens with two attached hydrogens (primary N) is 1. The van der Waals surface area contributed by atoms with Crippen LogP contribution in [0.2, 0.25) is 0 Å². The van der Waals surface area contributed by atoms with Crippen molar-refractivity contribution in [3.63, 3.8) is 0 Å². The normalized spacial score (nSPS) is 12.4. The first-order chi connectivity index (χ1) is 14.2. The minimum Gasteiger partial charge on any atom is -0.439 e. The molecule has 7 nitrogen and oxygen atoms in total. The summed E-state index contributed by atoms with van der Waals surface area (Å²) in [5.41, 5.74) is 5.46. The van der Waals surface area contributed by atoms with Gasteiger partial charge in [-0.1, -0.05) is 0 Å². The van der Waals surface area contributed by atoms with Crippen molar-refractivity contribution in [3.8, 4) is 22.9 Å². The Morgan fingerprint density at radius 2 is 1.83 bits per heavy atom. The lowest BCUT2D eigenvalue weighted by Gasteiger charge is -2.12. The molecule has 0 saturated heterocycles. The zero-order chi connectivity index (χ0) is 21.9. The van der Waals surface area contributed by atoms with Gasteiger partial charge in [0.1, 0.15) is 17.5 Å². The number of carbonyl (C=O) groups excluding carboxylic acids is 1. The van der Waals surface area contributed by atoms with E-state index in [1.54, 1.807) is 12.1 Å². The predicted octanol–water partition coefficient (Wildman–Crippen LogP) is 3.08. The molecule has 156 valence electrons. The van der Waals surface area contributed by atoms with E-state index < -0.39 is 30.4 Å². The molecule has 0 fully saturated rings. The van der Waals surface area contributed by atoms with E-state index in [1.165, 1.54) is 24.3 Å². The number of hydrogen-bond donors (Lipinski definition) is 3. The third-order valence-electron chi connectivity index (χ3n) is 4.09. The Morgan fingerprint density at radius 3 is 2.37 bits per heavy atom. The first-order valence-electron chi connectivity index (χ1n) is 8.59. The van der Waals surface area contributed by atoms with E-state index in [4.69, 9.17) is 15.6 Å². The molecule has 2 heterocycles. The number of halogens is 3. The Labute approximate surface area is 168 Å². The van der Waals surface area contributed by atoms with Crippen molar-refractivity contribution in [1.82, 2.24) is 9.97 Å². The molecule has 0 saturated carbocycles. The Hall–Kier alpha value is -3.50. The molecule has 3 rings (SSSR count). The van der Waals surface area contributed by atoms with Crippen LogP contribution in [0, 0.1) is 0 Å². The number of aliphatic hydroxyl groups is 2. The molecule has 1 amide bonds. The van der Waals surface area contributed by atoms with E-state index in [2.05, 4.69) is 9.97 Å². The highest BCUT2D eigenvalue weighted by Gasteiger charge is 2.30. The topological polar surface area (TPSA) is 119 Å². The van der Waals surface area contributed by atoms with Crippen LogP contribution in [0.25, 0.3) is 11.3 Å². The maximum absolute atomic E-state index is 12.6. The van der Waals surface area contributed by atoms with Crippen molar-refractivity contribution < 1.29 is 32.9 Å². The van der Waals surface area contributed by atoms with Crippen LogP contribution in [-0.4, -0.2) is 32.7 Å². The molecule has 0 aliphatic heterocycles. The Balaban J connectivity index is 1.83. The fourth-order valence-electron chi connectivity index (χ4n) is 2.55. The average molecular weight is 419 g/mol. The van der Waals surface area contributed by atoms with Crippen LogP contribution in [0.4, 0.5) is 13.2 Å². The highest BCUT2D eigenvalue weighted by Crippen LogP contribution is 2.30. The minimum absolute atomic E-state index is 0.0158. The fourth-order valence-corrected chi connectivity index (χ4v) is 2.55. The lowest BCUT2D eigenvalue weighted by molar-refractivity contribution is -0.137. The number of primary amides is 1. The molecule has 1 atom stereocenters. The standard InChI is InChI=1S/C20H16F3N3O4/c21-20(22,23)13-3-6-18(25-9-13)30-14-4-1-11(2-5-14)15-7-12(17(28)10-27)8-16(26-15)19(24)29/h1-9,17,27-28H,10H2,(H2,24,29)/t17-/m1/s1. The van der Waals surface area contributed by atoms with Crippen LogP contribution in [0.5, 0.6) is 11.6 Å². The number of pyridine rings is 2. The van der Waals surface area contributed by atoms with Gasteiger partial charge >= 0.3 is 6.18 Å². The molecule has 10 heteroatoms. The Bertz CT molecular complexity index is 1040. The van der Waals surface area contributed by atoms with Gasteiger partial charge in [0.25, 0.3) is 5.91 Å². The molecule has 0 bridgehead atoms. The Morgan fingerprint density at radius 1 is 1.13 bits per heavy atom. The van der Waals surface area contributed by atoms with Gasteiger partial charge in [-0.2, -0.15) is 13.2 Å². The highest BCUT2D eigenvalue weighted by atomic mass is 19.4. The van der Waals surface area contributed by atoms with E-state index in [-0.39, 0.29) is 17.1 Å². The molecule has 3 aromatic rings. The molecule has 30 heavy (non-hydrogen) atoms. The van der Waals surface area contributed by atoms with Gasteiger partial charge in [-0.25, -0.2) is 9.97 Å². The van der Waals surface area contributed by atoms with Gasteiger partial charge in [-0.3, -0.25) is 4.79 Å². The van der Waals surface area contributed by atoms with Crippen molar-refractivity contribution >= 4 is 5.91 Å². The molecule has 0 aliphatic rings. The largest absolute Gasteiger partial charge is 0.439 e. The zero-order valence-electron chi connectivity index (χ0n) is 15.3. The minimum atomic E-state index is -4.48. The number of carbonyl (C=O) groups is 1. The lowest BCUT2D eigenvalue weighted by atomic mass is 10.0. The third kappa shape index (κ3) is 4.91. The highest BCUT2D eigenvalue weighted by molar-refractivity contribution is 5.91. The van der Waals surface area contributed by atoms with E-state index in [9.17, 15) is 23.1 Å². The predicted molar refractivity (Wildman–Crippen MR) is 99.5 cm³/mol. The summed E-state index contributed by atoms with van der Waals surface area (Å²) in [5, 5.41) is 19.0. The summed E-state index contributed by atoms with van der Waals surface area (Å²) >= 11 is 0. The van der Waals surface area contributed by atoms with Gasteiger partial charge in [0.15, 0.2) is 0 Å². The molecule has 0 radical (unpaired) electrons. The number of amides is 1. The van der Waals surface area contributed by atoms with Gasteiger partial charge in [0.2, 0.25) is 5.88 Å². The number of benzene rings is 1. The van der Waals surface area contributed by atoms with Gasteiger partial charge in [0, 0.05) is 17.8 Å². The lowest BCUT2D eigenvalue weighted by Crippen LogP contribution is -2.15. The number of aromatic nitrogens is 2. The number of aliphatic hydroxyl groups excluding tert-OH is 2. The van der Waals surface area contributed by atoms with Crippen LogP contribution in [0.1, 0.15) is 27.7 Å². The summed E-state index contributed by atoms with van der Waals surface area (Å²) in [6.45, 7) is -0.547.